The van der Waals surface area contributed by atoms with Crippen LogP contribution in [0.25, 0.3) is 0 Å². The third-order valence-electron chi connectivity index (χ3n) is 1.44. The van der Waals surface area contributed by atoms with Crippen LogP contribution < -0.4 is 5.73 Å². The van der Waals surface area contributed by atoms with Gasteiger partial charge < -0.3 is 10.5 Å². The molecule has 1 amide bonds. The molecule has 3 heteroatoms. The quantitative estimate of drug-likeness (QED) is 0.547. The Balaban J connectivity index is 2.17. The van der Waals surface area contributed by atoms with E-state index in [4.69, 9.17) is 10.5 Å². The van der Waals surface area contributed by atoms with Crippen molar-refractivity contribution in [3.8, 4) is 0 Å². The Morgan fingerprint density at radius 3 is 2.78 bits per heavy atom. The van der Waals surface area contributed by atoms with E-state index in [0.29, 0.717) is 0 Å². The maximum Gasteiger partial charge on any atom is 0.249 e. The number of hydrogen-bond acceptors (Lipinski definition) is 2. The number of ether oxygens (including phenoxy) is 1. The van der Waals surface area contributed by atoms with E-state index >= 15 is 0 Å². The highest BCUT2D eigenvalue weighted by atomic mass is 16.6. The maximum absolute atomic E-state index is 10.3. The third-order valence-corrected chi connectivity index (χ3v) is 1.44. The van der Waals surface area contributed by atoms with Crippen LogP contribution in [0.2, 0.25) is 0 Å². The van der Waals surface area contributed by atoms with Crippen molar-refractivity contribution in [2.45, 2.75) is 32.0 Å². The van der Waals surface area contributed by atoms with Gasteiger partial charge in [-0.2, -0.15) is 0 Å². The molecule has 0 saturated carbocycles. The molecular weight excluding hydrogens is 118 g/mol. The van der Waals surface area contributed by atoms with Crippen molar-refractivity contribution in [1.29, 1.82) is 0 Å². The van der Waals surface area contributed by atoms with Gasteiger partial charge in [0.25, 0.3) is 0 Å². The molecule has 0 bridgehead atoms. The summed E-state index contributed by atoms with van der Waals surface area (Å²) in [5.74, 6) is -0.326. The maximum atomic E-state index is 10.3. The highest BCUT2D eigenvalue weighted by Crippen LogP contribution is 2.25. The second-order valence-corrected chi connectivity index (χ2v) is 2.29. The minimum Gasteiger partial charge on any atom is -0.367 e. The molecule has 0 aromatic heterocycles. The van der Waals surface area contributed by atoms with E-state index in [9.17, 15) is 4.79 Å². The zero-order chi connectivity index (χ0) is 6.85. The summed E-state index contributed by atoms with van der Waals surface area (Å²) in [6, 6.07) is 0. The van der Waals surface area contributed by atoms with Gasteiger partial charge in [-0.3, -0.25) is 4.79 Å². The van der Waals surface area contributed by atoms with Crippen LogP contribution in [0, 0.1) is 0 Å². The molecular formula is C6H11NO2. The van der Waals surface area contributed by atoms with Gasteiger partial charge in [0.05, 0.1) is 6.10 Å². The van der Waals surface area contributed by atoms with Crippen LogP contribution in [0.4, 0.5) is 0 Å². The van der Waals surface area contributed by atoms with Crippen LogP contribution in [0.5, 0.6) is 0 Å². The predicted octanol–water partition coefficient (Wildman–Crippen LogP) is 0.0392. The first kappa shape index (κ1) is 6.55. The lowest BCUT2D eigenvalue weighted by atomic mass is 10.2. The molecule has 9 heavy (non-hydrogen) atoms. The van der Waals surface area contributed by atoms with Crippen LogP contribution in [-0.4, -0.2) is 18.1 Å². The molecule has 1 fully saturated rings. The fraction of sp³-hybridized carbons (Fsp3) is 0.833. The van der Waals surface area contributed by atoms with E-state index in [1.165, 1.54) is 0 Å². The Labute approximate surface area is 54.2 Å². The highest BCUT2D eigenvalue weighted by molar-refractivity contribution is 5.81. The third kappa shape index (κ3) is 1.42. The molecule has 0 aromatic rings. The molecule has 1 saturated heterocycles. The van der Waals surface area contributed by atoms with Gasteiger partial charge >= 0.3 is 0 Å². The Morgan fingerprint density at radius 2 is 2.44 bits per heavy atom. The van der Waals surface area contributed by atoms with Crippen molar-refractivity contribution in [3.05, 3.63) is 0 Å². The lowest BCUT2D eigenvalue weighted by molar-refractivity contribution is -0.119. The molecule has 2 atom stereocenters. The topological polar surface area (TPSA) is 55.6 Å². The molecule has 0 spiro atoms. The molecule has 2 unspecified atom stereocenters. The summed E-state index contributed by atoms with van der Waals surface area (Å²) < 4.78 is 4.94. The van der Waals surface area contributed by atoms with Crippen LogP contribution in [-0.2, 0) is 9.53 Å². The largest absolute Gasteiger partial charge is 0.367 e. The van der Waals surface area contributed by atoms with Crippen molar-refractivity contribution in [2.75, 3.05) is 0 Å². The van der Waals surface area contributed by atoms with E-state index in [1.54, 1.807) is 0 Å². The number of carbonyl (C=O) groups is 1. The van der Waals surface area contributed by atoms with Crippen molar-refractivity contribution >= 4 is 5.91 Å². The fourth-order valence-electron chi connectivity index (χ4n) is 0.897. The Bertz CT molecular complexity index is 124. The van der Waals surface area contributed by atoms with Gasteiger partial charge in [-0.25, -0.2) is 0 Å². The van der Waals surface area contributed by atoms with Gasteiger partial charge in [-0.1, -0.05) is 13.3 Å². The first-order chi connectivity index (χ1) is 4.25. The van der Waals surface area contributed by atoms with Gasteiger partial charge in [0.1, 0.15) is 0 Å². The lowest BCUT2D eigenvalue weighted by Gasteiger charge is -1.84. The Hall–Kier alpha value is -0.570. The van der Waals surface area contributed by atoms with Crippen molar-refractivity contribution in [1.82, 2.24) is 0 Å². The normalized spacial score (nSPS) is 32.1. The summed E-state index contributed by atoms with van der Waals surface area (Å²) in [5, 5.41) is 0. The molecule has 0 aromatic carbocycles. The second-order valence-electron chi connectivity index (χ2n) is 2.29. The van der Waals surface area contributed by atoms with Crippen LogP contribution in [0.3, 0.4) is 0 Å². The van der Waals surface area contributed by atoms with E-state index < -0.39 is 0 Å². The average Bonchev–Trinajstić information content (AvgIpc) is 2.47. The van der Waals surface area contributed by atoms with E-state index in [1.807, 2.05) is 0 Å². The molecule has 1 rings (SSSR count). The second kappa shape index (κ2) is 2.35. The summed E-state index contributed by atoms with van der Waals surface area (Å²) in [4.78, 5) is 10.3. The van der Waals surface area contributed by atoms with Gasteiger partial charge in [-0.15, -0.1) is 0 Å². The fourth-order valence-corrected chi connectivity index (χ4v) is 0.897. The van der Waals surface area contributed by atoms with E-state index in [2.05, 4.69) is 6.92 Å². The molecule has 0 aliphatic carbocycles. The Kier molecular flexibility index (Phi) is 1.71. The van der Waals surface area contributed by atoms with Crippen LogP contribution in [0.15, 0.2) is 0 Å². The van der Waals surface area contributed by atoms with Gasteiger partial charge in [0.2, 0.25) is 5.91 Å². The summed E-state index contributed by atoms with van der Waals surface area (Å²) >= 11 is 0. The molecule has 2 N–H and O–H groups in total. The first-order valence-corrected chi connectivity index (χ1v) is 3.20. The Morgan fingerprint density at radius 1 is 1.78 bits per heavy atom. The minimum atomic E-state index is -0.326. The first-order valence-electron chi connectivity index (χ1n) is 3.20. The minimum absolute atomic E-state index is 0.132. The molecule has 1 aliphatic rings. The number of epoxide rings is 1. The standard InChI is InChI=1S/C6H11NO2/c1-2-3-4-5(9-4)6(7)8/h4-5H,2-3H2,1H3,(H2,7,8). The number of amides is 1. The summed E-state index contributed by atoms with van der Waals surface area (Å²) in [5.41, 5.74) is 4.95. The molecule has 3 nitrogen and oxygen atoms in total. The number of hydrogen-bond donors (Lipinski definition) is 1. The van der Waals surface area contributed by atoms with Crippen LogP contribution >= 0.6 is 0 Å². The number of nitrogens with two attached hydrogens (primary N) is 1. The number of rotatable bonds is 3. The lowest BCUT2D eigenvalue weighted by Crippen LogP contribution is -2.19. The van der Waals surface area contributed by atoms with Crippen molar-refractivity contribution in [2.24, 2.45) is 5.73 Å². The molecule has 52 valence electrons. The van der Waals surface area contributed by atoms with Crippen LogP contribution in [0.1, 0.15) is 19.8 Å². The van der Waals surface area contributed by atoms with Crippen molar-refractivity contribution in [3.63, 3.8) is 0 Å². The van der Waals surface area contributed by atoms with Crippen molar-refractivity contribution < 1.29 is 9.53 Å². The van der Waals surface area contributed by atoms with E-state index in [-0.39, 0.29) is 18.1 Å². The van der Waals surface area contributed by atoms with Gasteiger partial charge in [0.15, 0.2) is 6.10 Å². The summed E-state index contributed by atoms with van der Waals surface area (Å²) in [6.45, 7) is 2.06. The SMILES string of the molecule is CCCC1OC1C(N)=O. The highest BCUT2D eigenvalue weighted by Gasteiger charge is 2.42. The molecule has 0 radical (unpaired) electrons. The van der Waals surface area contributed by atoms with Gasteiger partial charge in [0, 0.05) is 0 Å². The summed E-state index contributed by atoms with van der Waals surface area (Å²) in [7, 11) is 0. The summed E-state index contributed by atoms with van der Waals surface area (Å²) in [6.07, 6.45) is 1.86. The monoisotopic (exact) mass is 129 g/mol. The average molecular weight is 129 g/mol. The zero-order valence-corrected chi connectivity index (χ0v) is 5.46. The number of primary amides is 1. The number of carbonyl (C=O) groups excluding carboxylic acids is 1. The van der Waals surface area contributed by atoms with E-state index in [0.717, 1.165) is 12.8 Å². The predicted molar refractivity (Wildman–Crippen MR) is 32.8 cm³/mol. The molecule has 1 aliphatic heterocycles. The molecule has 1 heterocycles. The van der Waals surface area contributed by atoms with Gasteiger partial charge in [-0.05, 0) is 6.42 Å². The zero-order valence-electron chi connectivity index (χ0n) is 5.46. The smallest absolute Gasteiger partial charge is 0.249 e.